The molecule has 6 heteroatoms. The number of carboxylic acids is 1. The van der Waals surface area contributed by atoms with Crippen molar-refractivity contribution in [3.05, 3.63) is 29.7 Å². The van der Waals surface area contributed by atoms with Crippen LogP contribution in [0.3, 0.4) is 0 Å². The van der Waals surface area contributed by atoms with Crippen LogP contribution in [-0.2, 0) is 4.79 Å². The van der Waals surface area contributed by atoms with Gasteiger partial charge in [-0.15, -0.1) is 0 Å². The van der Waals surface area contributed by atoms with Gasteiger partial charge in [0.15, 0.2) is 11.3 Å². The van der Waals surface area contributed by atoms with Gasteiger partial charge in [0.2, 0.25) is 0 Å². The second-order valence-electron chi connectivity index (χ2n) is 5.12. The Labute approximate surface area is 114 Å². The maximum absolute atomic E-state index is 12.0. The van der Waals surface area contributed by atoms with Crippen molar-refractivity contribution in [1.82, 2.24) is 10.3 Å². The van der Waals surface area contributed by atoms with Crippen LogP contribution in [0.15, 0.2) is 22.6 Å². The zero-order valence-electron chi connectivity index (χ0n) is 10.9. The minimum Gasteiger partial charge on any atom is -0.481 e. The number of carbonyl (C=O) groups excluding carboxylic acids is 1. The zero-order chi connectivity index (χ0) is 14.3. The van der Waals surface area contributed by atoms with Crippen molar-refractivity contribution in [1.29, 1.82) is 0 Å². The average molecular weight is 274 g/mol. The standard InChI is InChI=1S/C14H14N2O4/c1-7-2-3-11-10(15-7)6-12(20-11)13(17)16-9-4-8(5-9)14(18)19/h2-3,6,8-9H,4-5H2,1H3,(H,16,17)(H,18,19). The van der Waals surface area contributed by atoms with Crippen LogP contribution in [0.1, 0.15) is 29.1 Å². The third-order valence-corrected chi connectivity index (χ3v) is 3.56. The molecule has 0 radical (unpaired) electrons. The summed E-state index contributed by atoms with van der Waals surface area (Å²) in [4.78, 5) is 27.0. The number of nitrogens with one attached hydrogen (secondary N) is 1. The summed E-state index contributed by atoms with van der Waals surface area (Å²) in [6.45, 7) is 1.87. The molecule has 1 aliphatic rings. The second kappa shape index (κ2) is 4.63. The molecule has 0 aliphatic heterocycles. The monoisotopic (exact) mass is 274 g/mol. The summed E-state index contributed by atoms with van der Waals surface area (Å²) in [5.41, 5.74) is 2.07. The molecule has 2 aromatic rings. The van der Waals surface area contributed by atoms with Gasteiger partial charge in [-0.3, -0.25) is 9.59 Å². The van der Waals surface area contributed by atoms with Crippen molar-refractivity contribution >= 4 is 23.0 Å². The molecule has 2 heterocycles. The number of aromatic nitrogens is 1. The van der Waals surface area contributed by atoms with Crippen molar-refractivity contribution in [2.24, 2.45) is 5.92 Å². The molecule has 0 aromatic carbocycles. The van der Waals surface area contributed by atoms with Gasteiger partial charge in [-0.05, 0) is 31.9 Å². The number of pyridine rings is 1. The number of fused-ring (bicyclic) bond motifs is 1. The molecule has 1 aliphatic carbocycles. The quantitative estimate of drug-likeness (QED) is 0.889. The predicted octanol–water partition coefficient (Wildman–Crippen LogP) is 1.73. The molecule has 1 saturated carbocycles. The van der Waals surface area contributed by atoms with E-state index in [0.29, 0.717) is 23.9 Å². The Morgan fingerprint density at radius 3 is 2.85 bits per heavy atom. The lowest BCUT2D eigenvalue weighted by atomic mass is 9.80. The molecular formula is C14H14N2O4. The molecule has 2 aromatic heterocycles. The number of hydrogen-bond donors (Lipinski definition) is 2. The van der Waals surface area contributed by atoms with E-state index in [9.17, 15) is 9.59 Å². The minimum absolute atomic E-state index is 0.0912. The average Bonchev–Trinajstić information content (AvgIpc) is 2.75. The summed E-state index contributed by atoms with van der Waals surface area (Å²) in [6.07, 6.45) is 0.942. The lowest BCUT2D eigenvalue weighted by Gasteiger charge is -2.32. The van der Waals surface area contributed by atoms with Crippen LogP contribution in [-0.4, -0.2) is 28.0 Å². The van der Waals surface area contributed by atoms with Crippen molar-refractivity contribution in [2.75, 3.05) is 0 Å². The largest absolute Gasteiger partial charge is 0.481 e. The van der Waals surface area contributed by atoms with E-state index in [2.05, 4.69) is 10.3 Å². The van der Waals surface area contributed by atoms with Gasteiger partial charge in [0.1, 0.15) is 5.52 Å². The van der Waals surface area contributed by atoms with E-state index in [1.165, 1.54) is 0 Å². The Morgan fingerprint density at radius 1 is 1.40 bits per heavy atom. The smallest absolute Gasteiger partial charge is 0.306 e. The fourth-order valence-electron chi connectivity index (χ4n) is 2.33. The molecule has 0 atom stereocenters. The summed E-state index contributed by atoms with van der Waals surface area (Å²) in [6, 6.07) is 5.10. The lowest BCUT2D eigenvalue weighted by molar-refractivity contribution is -0.145. The van der Waals surface area contributed by atoms with Crippen LogP contribution in [0.2, 0.25) is 0 Å². The predicted molar refractivity (Wildman–Crippen MR) is 70.4 cm³/mol. The van der Waals surface area contributed by atoms with Gasteiger partial charge in [0.25, 0.3) is 5.91 Å². The topological polar surface area (TPSA) is 92.4 Å². The van der Waals surface area contributed by atoms with E-state index >= 15 is 0 Å². The Kier molecular flexibility index (Phi) is 2.93. The summed E-state index contributed by atoms with van der Waals surface area (Å²) < 4.78 is 5.44. The van der Waals surface area contributed by atoms with Gasteiger partial charge >= 0.3 is 5.97 Å². The molecular weight excluding hydrogens is 260 g/mol. The van der Waals surface area contributed by atoms with Crippen LogP contribution >= 0.6 is 0 Å². The molecule has 0 bridgehead atoms. The van der Waals surface area contributed by atoms with Gasteiger partial charge in [0, 0.05) is 17.8 Å². The Hall–Kier alpha value is -2.37. The number of furan rings is 1. The highest BCUT2D eigenvalue weighted by Gasteiger charge is 2.35. The molecule has 1 amide bonds. The number of carboxylic acid groups (broad SMARTS) is 1. The highest BCUT2D eigenvalue weighted by Crippen LogP contribution is 2.28. The SMILES string of the molecule is Cc1ccc2oc(C(=O)NC3CC(C(=O)O)C3)cc2n1. The van der Waals surface area contributed by atoms with Crippen LogP contribution < -0.4 is 5.32 Å². The second-order valence-corrected chi connectivity index (χ2v) is 5.12. The van der Waals surface area contributed by atoms with E-state index in [0.717, 1.165) is 5.69 Å². The van der Waals surface area contributed by atoms with E-state index in [1.54, 1.807) is 12.1 Å². The van der Waals surface area contributed by atoms with Gasteiger partial charge < -0.3 is 14.8 Å². The Bertz CT molecular complexity index is 686. The zero-order valence-corrected chi connectivity index (χ0v) is 10.9. The molecule has 6 nitrogen and oxygen atoms in total. The molecule has 104 valence electrons. The first kappa shape index (κ1) is 12.7. The van der Waals surface area contributed by atoms with Crippen molar-refractivity contribution < 1.29 is 19.1 Å². The molecule has 1 fully saturated rings. The molecule has 0 saturated heterocycles. The minimum atomic E-state index is -0.807. The number of nitrogens with zero attached hydrogens (tertiary/aromatic N) is 1. The molecule has 3 rings (SSSR count). The third-order valence-electron chi connectivity index (χ3n) is 3.56. The van der Waals surface area contributed by atoms with Gasteiger partial charge in [0.05, 0.1) is 5.92 Å². The highest BCUT2D eigenvalue weighted by molar-refractivity contribution is 5.95. The van der Waals surface area contributed by atoms with Crippen molar-refractivity contribution in [2.45, 2.75) is 25.8 Å². The fraction of sp³-hybridized carbons (Fsp3) is 0.357. The number of carbonyl (C=O) groups is 2. The highest BCUT2D eigenvalue weighted by atomic mass is 16.4. The summed E-state index contributed by atoms with van der Waals surface area (Å²) in [5, 5.41) is 11.6. The van der Waals surface area contributed by atoms with E-state index in [1.807, 2.05) is 13.0 Å². The van der Waals surface area contributed by atoms with Crippen LogP contribution in [0.5, 0.6) is 0 Å². The normalized spacial score (nSPS) is 21.4. The lowest BCUT2D eigenvalue weighted by Crippen LogP contribution is -2.46. The summed E-state index contributed by atoms with van der Waals surface area (Å²) in [7, 11) is 0. The molecule has 0 spiro atoms. The van der Waals surface area contributed by atoms with Gasteiger partial charge in [-0.2, -0.15) is 0 Å². The summed E-state index contributed by atoms with van der Waals surface area (Å²) >= 11 is 0. The first-order valence-corrected chi connectivity index (χ1v) is 6.44. The van der Waals surface area contributed by atoms with Crippen LogP contribution in [0, 0.1) is 12.8 Å². The number of hydrogen-bond acceptors (Lipinski definition) is 4. The van der Waals surface area contributed by atoms with Crippen LogP contribution in [0.4, 0.5) is 0 Å². The molecule has 0 unspecified atom stereocenters. The first-order valence-electron chi connectivity index (χ1n) is 6.44. The first-order chi connectivity index (χ1) is 9.52. The third kappa shape index (κ3) is 2.24. The summed E-state index contributed by atoms with van der Waals surface area (Å²) in [5.74, 6) is -1.27. The van der Waals surface area contributed by atoms with E-state index in [4.69, 9.17) is 9.52 Å². The fourth-order valence-corrected chi connectivity index (χ4v) is 2.33. The Morgan fingerprint density at radius 2 is 2.15 bits per heavy atom. The van der Waals surface area contributed by atoms with Gasteiger partial charge in [-0.1, -0.05) is 0 Å². The number of aryl methyl sites for hydroxylation is 1. The van der Waals surface area contributed by atoms with Gasteiger partial charge in [-0.25, -0.2) is 4.98 Å². The maximum Gasteiger partial charge on any atom is 0.306 e. The number of amides is 1. The van der Waals surface area contributed by atoms with Crippen molar-refractivity contribution in [3.8, 4) is 0 Å². The maximum atomic E-state index is 12.0. The van der Waals surface area contributed by atoms with E-state index < -0.39 is 5.97 Å². The number of rotatable bonds is 3. The van der Waals surface area contributed by atoms with Crippen molar-refractivity contribution in [3.63, 3.8) is 0 Å². The molecule has 20 heavy (non-hydrogen) atoms. The number of aliphatic carboxylic acids is 1. The van der Waals surface area contributed by atoms with E-state index in [-0.39, 0.29) is 23.6 Å². The Balaban J connectivity index is 1.69. The van der Waals surface area contributed by atoms with Crippen LogP contribution in [0.25, 0.3) is 11.1 Å². The molecule has 2 N–H and O–H groups in total.